The lowest BCUT2D eigenvalue weighted by Gasteiger charge is -2.33. The molecular weight excluding hydrogens is 236 g/mol. The van der Waals surface area contributed by atoms with E-state index in [0.717, 1.165) is 38.5 Å². The average Bonchev–Trinajstić information content (AvgIpc) is 2.33. The molecule has 1 aromatic rings. The molecule has 0 spiro atoms. The number of hydrogen-bond donors (Lipinski definition) is 1. The monoisotopic (exact) mass is 256 g/mol. The number of hydrogen-bond acceptors (Lipinski definition) is 3. The van der Waals surface area contributed by atoms with Crippen molar-refractivity contribution in [1.82, 2.24) is 10.2 Å². The lowest BCUT2D eigenvalue weighted by molar-refractivity contribution is 0.143. The van der Waals surface area contributed by atoms with Gasteiger partial charge in [-0.2, -0.15) is 0 Å². The third-order valence-corrected chi connectivity index (χ3v) is 3.03. The van der Waals surface area contributed by atoms with E-state index in [1.54, 1.807) is 0 Å². The van der Waals surface area contributed by atoms with Gasteiger partial charge in [0.15, 0.2) is 0 Å². The average molecular weight is 257 g/mol. The molecule has 1 aliphatic rings. The molecule has 0 unspecified atom stereocenters. The highest BCUT2D eigenvalue weighted by Crippen LogP contribution is 2.08. The van der Waals surface area contributed by atoms with Gasteiger partial charge in [0.1, 0.15) is 12.4 Å². The SMILES string of the molecule is C[C@@H]1CNCCN1CCOc1ccccc1.Cl. The highest BCUT2D eigenvalue weighted by Gasteiger charge is 2.16. The van der Waals surface area contributed by atoms with Gasteiger partial charge in [-0.15, -0.1) is 12.4 Å². The molecule has 0 saturated carbocycles. The Kier molecular flexibility index (Phi) is 6.34. The summed E-state index contributed by atoms with van der Waals surface area (Å²) in [5.74, 6) is 0.963. The zero-order valence-electron chi connectivity index (χ0n) is 10.3. The molecule has 0 amide bonds. The van der Waals surface area contributed by atoms with Crippen LogP contribution in [0, 0.1) is 0 Å². The summed E-state index contributed by atoms with van der Waals surface area (Å²) in [4.78, 5) is 2.47. The molecule has 1 atom stereocenters. The van der Waals surface area contributed by atoms with Gasteiger partial charge in [0.25, 0.3) is 0 Å². The Bertz CT molecular complexity index is 308. The Morgan fingerprint density at radius 2 is 2.12 bits per heavy atom. The lowest BCUT2D eigenvalue weighted by Crippen LogP contribution is -2.50. The minimum atomic E-state index is 0. The fourth-order valence-electron chi connectivity index (χ4n) is 2.01. The number of nitrogens with zero attached hydrogens (tertiary/aromatic N) is 1. The van der Waals surface area contributed by atoms with Gasteiger partial charge in [-0.05, 0) is 19.1 Å². The van der Waals surface area contributed by atoms with Crippen molar-refractivity contribution in [2.45, 2.75) is 13.0 Å². The van der Waals surface area contributed by atoms with Gasteiger partial charge in [-0.25, -0.2) is 0 Å². The van der Waals surface area contributed by atoms with Crippen LogP contribution in [0.15, 0.2) is 30.3 Å². The number of para-hydroxylation sites is 1. The van der Waals surface area contributed by atoms with E-state index in [1.165, 1.54) is 0 Å². The first kappa shape index (κ1) is 14.3. The second-order valence-electron chi connectivity index (χ2n) is 4.25. The smallest absolute Gasteiger partial charge is 0.119 e. The molecule has 0 radical (unpaired) electrons. The van der Waals surface area contributed by atoms with Gasteiger partial charge in [-0.3, -0.25) is 4.90 Å². The van der Waals surface area contributed by atoms with Crippen molar-refractivity contribution < 1.29 is 4.74 Å². The van der Waals surface area contributed by atoms with Gasteiger partial charge in [-0.1, -0.05) is 18.2 Å². The maximum absolute atomic E-state index is 5.69. The summed E-state index contributed by atoms with van der Waals surface area (Å²) in [6.45, 7) is 7.35. The van der Waals surface area contributed by atoms with Crippen molar-refractivity contribution >= 4 is 12.4 Å². The molecule has 0 aromatic heterocycles. The third-order valence-electron chi connectivity index (χ3n) is 3.03. The molecule has 1 N–H and O–H groups in total. The minimum Gasteiger partial charge on any atom is -0.492 e. The van der Waals surface area contributed by atoms with Crippen LogP contribution >= 0.6 is 12.4 Å². The molecule has 4 heteroatoms. The highest BCUT2D eigenvalue weighted by molar-refractivity contribution is 5.85. The molecule has 2 rings (SSSR count). The first-order chi connectivity index (χ1) is 7.86. The van der Waals surface area contributed by atoms with Crippen LogP contribution in [0.3, 0.4) is 0 Å². The van der Waals surface area contributed by atoms with Gasteiger partial charge in [0.05, 0.1) is 0 Å². The Morgan fingerprint density at radius 1 is 1.35 bits per heavy atom. The van der Waals surface area contributed by atoms with E-state index in [1.807, 2.05) is 30.3 Å². The van der Waals surface area contributed by atoms with E-state index in [9.17, 15) is 0 Å². The summed E-state index contributed by atoms with van der Waals surface area (Å²) >= 11 is 0. The Balaban J connectivity index is 0.00000144. The fraction of sp³-hybridized carbons (Fsp3) is 0.538. The molecule has 17 heavy (non-hydrogen) atoms. The molecular formula is C13H21ClN2O. The molecule has 1 aromatic carbocycles. The molecule has 1 heterocycles. The van der Waals surface area contributed by atoms with Crippen LogP contribution in [-0.4, -0.2) is 43.7 Å². The lowest BCUT2D eigenvalue weighted by atomic mass is 10.2. The maximum atomic E-state index is 5.69. The summed E-state index contributed by atoms with van der Waals surface area (Å²) in [6.07, 6.45) is 0. The molecule has 0 aliphatic carbocycles. The number of benzene rings is 1. The number of nitrogens with one attached hydrogen (secondary N) is 1. The first-order valence-electron chi connectivity index (χ1n) is 5.99. The van der Waals surface area contributed by atoms with E-state index in [2.05, 4.69) is 17.1 Å². The van der Waals surface area contributed by atoms with Gasteiger partial charge >= 0.3 is 0 Å². The summed E-state index contributed by atoms with van der Waals surface area (Å²) in [6, 6.07) is 10.6. The van der Waals surface area contributed by atoms with Crippen LogP contribution < -0.4 is 10.1 Å². The van der Waals surface area contributed by atoms with Crippen LogP contribution in [0.5, 0.6) is 5.75 Å². The van der Waals surface area contributed by atoms with Crippen molar-refractivity contribution in [3.63, 3.8) is 0 Å². The molecule has 3 nitrogen and oxygen atoms in total. The van der Waals surface area contributed by atoms with E-state index in [4.69, 9.17) is 4.74 Å². The largest absolute Gasteiger partial charge is 0.492 e. The topological polar surface area (TPSA) is 24.5 Å². The number of rotatable bonds is 4. The van der Waals surface area contributed by atoms with Crippen LogP contribution in [0.1, 0.15) is 6.92 Å². The Labute approximate surface area is 110 Å². The van der Waals surface area contributed by atoms with Gasteiger partial charge in [0.2, 0.25) is 0 Å². The third kappa shape index (κ3) is 4.54. The molecule has 1 saturated heterocycles. The van der Waals surface area contributed by atoms with Crippen molar-refractivity contribution in [3.05, 3.63) is 30.3 Å². The zero-order valence-corrected chi connectivity index (χ0v) is 11.1. The van der Waals surface area contributed by atoms with Gasteiger partial charge in [0, 0.05) is 32.2 Å². The quantitative estimate of drug-likeness (QED) is 0.889. The summed E-state index contributed by atoms with van der Waals surface area (Å²) in [7, 11) is 0. The van der Waals surface area contributed by atoms with Crippen LogP contribution in [0.2, 0.25) is 0 Å². The Morgan fingerprint density at radius 3 is 2.82 bits per heavy atom. The van der Waals surface area contributed by atoms with Crippen molar-refractivity contribution in [1.29, 1.82) is 0 Å². The van der Waals surface area contributed by atoms with Crippen molar-refractivity contribution in [3.8, 4) is 5.75 Å². The van der Waals surface area contributed by atoms with E-state index < -0.39 is 0 Å². The molecule has 0 bridgehead atoms. The van der Waals surface area contributed by atoms with E-state index in [-0.39, 0.29) is 12.4 Å². The number of ether oxygens (including phenoxy) is 1. The predicted molar refractivity (Wildman–Crippen MR) is 73.1 cm³/mol. The van der Waals surface area contributed by atoms with Crippen molar-refractivity contribution in [2.24, 2.45) is 0 Å². The summed E-state index contributed by atoms with van der Waals surface area (Å²) < 4.78 is 5.69. The van der Waals surface area contributed by atoms with Crippen LogP contribution in [0.25, 0.3) is 0 Å². The fourth-order valence-corrected chi connectivity index (χ4v) is 2.01. The summed E-state index contributed by atoms with van der Waals surface area (Å²) in [5.41, 5.74) is 0. The normalized spacial score (nSPS) is 20.6. The maximum Gasteiger partial charge on any atom is 0.119 e. The van der Waals surface area contributed by atoms with E-state index in [0.29, 0.717) is 6.04 Å². The second kappa shape index (κ2) is 7.54. The van der Waals surface area contributed by atoms with Gasteiger partial charge < -0.3 is 10.1 Å². The highest BCUT2D eigenvalue weighted by atomic mass is 35.5. The van der Waals surface area contributed by atoms with Crippen molar-refractivity contribution in [2.75, 3.05) is 32.8 Å². The molecule has 1 fully saturated rings. The van der Waals surface area contributed by atoms with Crippen LogP contribution in [0.4, 0.5) is 0 Å². The minimum absolute atomic E-state index is 0. The molecule has 1 aliphatic heterocycles. The summed E-state index contributed by atoms with van der Waals surface area (Å²) in [5, 5.41) is 3.39. The Hall–Kier alpha value is -0.770. The zero-order chi connectivity index (χ0) is 11.2. The van der Waals surface area contributed by atoms with E-state index >= 15 is 0 Å². The second-order valence-corrected chi connectivity index (χ2v) is 4.25. The number of halogens is 1. The van der Waals surface area contributed by atoms with Crippen LogP contribution in [-0.2, 0) is 0 Å². The first-order valence-corrected chi connectivity index (χ1v) is 5.99. The molecule has 96 valence electrons. The predicted octanol–water partition coefficient (Wildman–Crippen LogP) is 1.78. The number of piperazine rings is 1. The standard InChI is InChI=1S/C13H20N2O.ClH/c1-12-11-14-7-8-15(12)9-10-16-13-5-3-2-4-6-13;/h2-6,12,14H,7-11H2,1H3;1H/t12-;/m1./s1.